The molecule has 1 aliphatic heterocycles. The minimum absolute atomic E-state index is 0.0128. The van der Waals surface area contributed by atoms with Gasteiger partial charge in [0.2, 0.25) is 0 Å². The van der Waals surface area contributed by atoms with Crippen molar-refractivity contribution >= 4 is 15.9 Å². The molecule has 0 bridgehead atoms. The lowest BCUT2D eigenvalue weighted by Gasteiger charge is -2.37. The fourth-order valence-electron chi connectivity index (χ4n) is 2.89. The molecule has 2 rings (SSSR count). The number of nitrogens with zero attached hydrogens (tertiary/aromatic N) is 1. The van der Waals surface area contributed by atoms with Gasteiger partial charge in [-0.25, -0.2) is 0 Å². The van der Waals surface area contributed by atoms with E-state index in [-0.39, 0.29) is 6.04 Å². The molecular weight excluding hydrogens is 357 g/mol. The molecule has 2 nitrogen and oxygen atoms in total. The summed E-state index contributed by atoms with van der Waals surface area (Å²) in [5, 5.41) is 3.29. The standard InChI is InChI=1S/C16H22BrF3N2/c1-11(2)9-15(22-7-5-21-6-8-22)13-10-12(16(18,19)20)3-4-14(13)17/h3-4,10-11,15,21H,5-9H2,1-2H3/t15-/m0/s1. The molecule has 0 aromatic heterocycles. The minimum Gasteiger partial charge on any atom is -0.314 e. The van der Waals surface area contributed by atoms with Crippen LogP contribution in [0.2, 0.25) is 0 Å². The third kappa shape index (κ3) is 4.46. The topological polar surface area (TPSA) is 15.3 Å². The van der Waals surface area contributed by atoms with Crippen molar-refractivity contribution in [2.45, 2.75) is 32.5 Å². The highest BCUT2D eigenvalue weighted by molar-refractivity contribution is 9.10. The first-order chi connectivity index (χ1) is 10.3. The number of hydrogen-bond donors (Lipinski definition) is 1. The zero-order chi connectivity index (χ0) is 16.3. The van der Waals surface area contributed by atoms with Crippen molar-refractivity contribution < 1.29 is 13.2 Å². The molecule has 0 aliphatic carbocycles. The first-order valence-corrected chi connectivity index (χ1v) is 8.39. The number of benzene rings is 1. The van der Waals surface area contributed by atoms with Crippen molar-refractivity contribution in [1.29, 1.82) is 0 Å². The molecule has 22 heavy (non-hydrogen) atoms. The molecule has 0 unspecified atom stereocenters. The molecular formula is C16H22BrF3N2. The first kappa shape index (κ1) is 17.8. The maximum atomic E-state index is 13.0. The lowest BCUT2D eigenvalue weighted by atomic mass is 9.93. The van der Waals surface area contributed by atoms with E-state index in [1.54, 1.807) is 0 Å². The monoisotopic (exact) mass is 378 g/mol. The van der Waals surface area contributed by atoms with Crippen LogP contribution in [0.25, 0.3) is 0 Å². The summed E-state index contributed by atoms with van der Waals surface area (Å²) >= 11 is 3.44. The Morgan fingerprint density at radius 3 is 2.41 bits per heavy atom. The van der Waals surface area contributed by atoms with Gasteiger partial charge in [0, 0.05) is 36.7 Å². The van der Waals surface area contributed by atoms with Gasteiger partial charge < -0.3 is 5.32 Å². The number of hydrogen-bond acceptors (Lipinski definition) is 2. The molecule has 124 valence electrons. The van der Waals surface area contributed by atoms with Gasteiger partial charge in [-0.2, -0.15) is 13.2 Å². The van der Waals surface area contributed by atoms with Crippen LogP contribution in [0.4, 0.5) is 13.2 Å². The summed E-state index contributed by atoms with van der Waals surface area (Å²) < 4.78 is 39.8. The second-order valence-corrected chi connectivity index (χ2v) is 7.02. The van der Waals surface area contributed by atoms with Crippen molar-refractivity contribution in [3.63, 3.8) is 0 Å². The quantitative estimate of drug-likeness (QED) is 0.831. The van der Waals surface area contributed by atoms with Gasteiger partial charge in [-0.3, -0.25) is 4.90 Å². The Balaban J connectivity index is 2.37. The summed E-state index contributed by atoms with van der Waals surface area (Å²) in [7, 11) is 0. The lowest BCUT2D eigenvalue weighted by molar-refractivity contribution is -0.137. The van der Waals surface area contributed by atoms with Gasteiger partial charge in [0.15, 0.2) is 0 Å². The fourth-order valence-corrected chi connectivity index (χ4v) is 3.40. The minimum atomic E-state index is -4.30. The van der Waals surface area contributed by atoms with Crippen molar-refractivity contribution in [2.75, 3.05) is 26.2 Å². The Morgan fingerprint density at radius 2 is 1.86 bits per heavy atom. The molecule has 1 aromatic carbocycles. The summed E-state index contributed by atoms with van der Waals surface area (Å²) in [5.41, 5.74) is 0.167. The van der Waals surface area contributed by atoms with E-state index >= 15 is 0 Å². The smallest absolute Gasteiger partial charge is 0.314 e. The van der Waals surface area contributed by atoms with Crippen LogP contribution in [0.5, 0.6) is 0 Å². The average Bonchev–Trinajstić information content (AvgIpc) is 2.45. The number of halogens is 4. The first-order valence-electron chi connectivity index (χ1n) is 7.60. The van der Waals surface area contributed by atoms with Crippen LogP contribution < -0.4 is 5.32 Å². The predicted octanol–water partition coefficient (Wildman–Crippen LogP) is 4.46. The van der Waals surface area contributed by atoms with Crippen LogP contribution in [-0.2, 0) is 6.18 Å². The van der Waals surface area contributed by atoms with Crippen LogP contribution in [0.3, 0.4) is 0 Å². The summed E-state index contributed by atoms with van der Waals surface area (Å²) in [5.74, 6) is 0.418. The highest BCUT2D eigenvalue weighted by Gasteiger charge is 2.33. The van der Waals surface area contributed by atoms with Gasteiger partial charge in [0.05, 0.1) is 5.56 Å². The zero-order valence-electron chi connectivity index (χ0n) is 12.9. The second-order valence-electron chi connectivity index (χ2n) is 6.17. The second kappa shape index (κ2) is 7.32. The van der Waals surface area contributed by atoms with E-state index in [0.717, 1.165) is 48.7 Å². The third-order valence-electron chi connectivity index (χ3n) is 3.97. The van der Waals surface area contributed by atoms with Gasteiger partial charge in [-0.15, -0.1) is 0 Å². The molecule has 0 radical (unpaired) electrons. The highest BCUT2D eigenvalue weighted by Crippen LogP contribution is 2.37. The van der Waals surface area contributed by atoms with Gasteiger partial charge in [0.1, 0.15) is 0 Å². The lowest BCUT2D eigenvalue weighted by Crippen LogP contribution is -2.45. The van der Waals surface area contributed by atoms with Crippen LogP contribution in [0.1, 0.15) is 37.4 Å². The van der Waals surface area contributed by atoms with E-state index in [9.17, 15) is 13.2 Å². The van der Waals surface area contributed by atoms with E-state index in [4.69, 9.17) is 0 Å². The molecule has 1 N–H and O–H groups in total. The van der Waals surface area contributed by atoms with Crippen LogP contribution >= 0.6 is 15.9 Å². The Hall–Kier alpha value is -0.590. The number of alkyl halides is 3. The normalized spacial score (nSPS) is 18.7. The molecule has 1 saturated heterocycles. The van der Waals surface area contributed by atoms with Gasteiger partial charge in [-0.1, -0.05) is 29.8 Å². The summed E-state index contributed by atoms with van der Waals surface area (Å²) in [6.07, 6.45) is -3.46. The van der Waals surface area contributed by atoms with Crippen LogP contribution in [-0.4, -0.2) is 31.1 Å². The predicted molar refractivity (Wildman–Crippen MR) is 85.8 cm³/mol. The number of piperazine rings is 1. The van der Waals surface area contributed by atoms with Crippen molar-refractivity contribution in [1.82, 2.24) is 10.2 Å². The molecule has 0 spiro atoms. The van der Waals surface area contributed by atoms with Crippen LogP contribution in [0, 0.1) is 5.92 Å². The average molecular weight is 379 g/mol. The molecule has 1 heterocycles. The molecule has 0 saturated carbocycles. The Morgan fingerprint density at radius 1 is 1.23 bits per heavy atom. The van der Waals surface area contributed by atoms with E-state index in [0.29, 0.717) is 5.92 Å². The van der Waals surface area contributed by atoms with Crippen molar-refractivity contribution in [2.24, 2.45) is 5.92 Å². The van der Waals surface area contributed by atoms with E-state index in [1.165, 1.54) is 12.1 Å². The Bertz CT molecular complexity index is 497. The maximum Gasteiger partial charge on any atom is 0.416 e. The zero-order valence-corrected chi connectivity index (χ0v) is 14.5. The van der Waals surface area contributed by atoms with Gasteiger partial charge in [0.25, 0.3) is 0 Å². The van der Waals surface area contributed by atoms with E-state index in [1.807, 2.05) is 0 Å². The molecule has 1 aliphatic rings. The fraction of sp³-hybridized carbons (Fsp3) is 0.625. The molecule has 1 atom stereocenters. The van der Waals surface area contributed by atoms with Crippen molar-refractivity contribution in [3.8, 4) is 0 Å². The van der Waals surface area contributed by atoms with Gasteiger partial charge >= 0.3 is 6.18 Å². The number of rotatable bonds is 4. The summed E-state index contributed by atoms with van der Waals surface area (Å²) in [6, 6.07) is 3.98. The molecule has 0 amide bonds. The Kier molecular flexibility index (Phi) is 5.91. The Labute approximate surface area is 138 Å². The van der Waals surface area contributed by atoms with Crippen molar-refractivity contribution in [3.05, 3.63) is 33.8 Å². The summed E-state index contributed by atoms with van der Waals surface area (Å²) in [4.78, 5) is 2.29. The third-order valence-corrected chi connectivity index (χ3v) is 4.69. The van der Waals surface area contributed by atoms with E-state index in [2.05, 4.69) is 40.0 Å². The molecule has 1 aromatic rings. The van der Waals surface area contributed by atoms with Crippen LogP contribution in [0.15, 0.2) is 22.7 Å². The maximum absolute atomic E-state index is 13.0. The molecule has 6 heteroatoms. The largest absolute Gasteiger partial charge is 0.416 e. The van der Waals surface area contributed by atoms with Gasteiger partial charge in [-0.05, 0) is 36.1 Å². The summed E-state index contributed by atoms with van der Waals surface area (Å²) in [6.45, 7) is 7.70. The molecule has 1 fully saturated rings. The van der Waals surface area contributed by atoms with E-state index < -0.39 is 11.7 Å². The SMILES string of the molecule is CC(C)C[C@@H](c1cc(C(F)(F)F)ccc1Br)N1CCNCC1. The highest BCUT2D eigenvalue weighted by atomic mass is 79.9. The number of nitrogens with one attached hydrogen (secondary N) is 1.